The fourth-order valence-corrected chi connectivity index (χ4v) is 1.59. The molecular weight excluding hydrogens is 251 g/mol. The van der Waals surface area contributed by atoms with Gasteiger partial charge in [0.25, 0.3) is 0 Å². The Morgan fingerprint density at radius 3 is 2.42 bits per heavy atom. The third kappa shape index (κ3) is 2.89. The summed E-state index contributed by atoms with van der Waals surface area (Å²) in [7, 11) is 0. The maximum absolute atomic E-state index is 13.4. The number of benzene rings is 2. The minimum atomic E-state index is -1.39. The van der Waals surface area contributed by atoms with Crippen molar-refractivity contribution in [1.82, 2.24) is 0 Å². The standard InChI is InChI=1S/C14H11FO4/c15-11-2-1-3-12(13(11)14(17)18)19-10-6-4-9(8-16)5-7-10/h1-7,16H,8H2,(H,17,18). The number of carbonyl (C=O) groups is 1. The number of hydrogen-bond acceptors (Lipinski definition) is 3. The van der Waals surface area contributed by atoms with Crippen molar-refractivity contribution in [2.24, 2.45) is 0 Å². The highest BCUT2D eigenvalue weighted by atomic mass is 19.1. The van der Waals surface area contributed by atoms with Crippen LogP contribution < -0.4 is 4.74 Å². The lowest BCUT2D eigenvalue weighted by atomic mass is 10.2. The Labute approximate surface area is 108 Å². The highest BCUT2D eigenvalue weighted by Gasteiger charge is 2.17. The molecule has 0 unspecified atom stereocenters. The van der Waals surface area contributed by atoms with Crippen LogP contribution in [0.4, 0.5) is 4.39 Å². The molecule has 4 nitrogen and oxygen atoms in total. The monoisotopic (exact) mass is 262 g/mol. The first-order valence-corrected chi connectivity index (χ1v) is 5.51. The molecule has 5 heteroatoms. The van der Waals surface area contributed by atoms with Crippen molar-refractivity contribution in [3.05, 3.63) is 59.4 Å². The highest BCUT2D eigenvalue weighted by molar-refractivity contribution is 5.91. The van der Waals surface area contributed by atoms with Crippen LogP contribution >= 0.6 is 0 Å². The number of rotatable bonds is 4. The van der Waals surface area contributed by atoms with Crippen LogP contribution in [-0.2, 0) is 6.61 Å². The fourth-order valence-electron chi connectivity index (χ4n) is 1.59. The lowest BCUT2D eigenvalue weighted by Crippen LogP contribution is -2.03. The first-order valence-electron chi connectivity index (χ1n) is 5.51. The smallest absolute Gasteiger partial charge is 0.342 e. The second-order valence-electron chi connectivity index (χ2n) is 3.82. The van der Waals surface area contributed by atoms with Gasteiger partial charge in [0.15, 0.2) is 0 Å². The Kier molecular flexibility index (Phi) is 3.77. The Bertz CT molecular complexity index is 593. The van der Waals surface area contributed by atoms with Crippen molar-refractivity contribution in [2.75, 3.05) is 0 Å². The topological polar surface area (TPSA) is 66.8 Å². The third-order valence-electron chi connectivity index (χ3n) is 2.52. The average Bonchev–Trinajstić information content (AvgIpc) is 2.39. The number of carboxylic acid groups (broad SMARTS) is 1. The summed E-state index contributed by atoms with van der Waals surface area (Å²) in [4.78, 5) is 11.0. The van der Waals surface area contributed by atoms with Gasteiger partial charge in [0, 0.05) is 0 Å². The van der Waals surface area contributed by atoms with Crippen LogP contribution in [0.1, 0.15) is 15.9 Å². The lowest BCUT2D eigenvalue weighted by Gasteiger charge is -2.09. The largest absolute Gasteiger partial charge is 0.477 e. The van der Waals surface area contributed by atoms with Gasteiger partial charge in [-0.05, 0) is 29.8 Å². The summed E-state index contributed by atoms with van der Waals surface area (Å²) in [6.07, 6.45) is 0. The number of aliphatic hydroxyl groups is 1. The zero-order valence-electron chi connectivity index (χ0n) is 9.84. The summed E-state index contributed by atoms with van der Waals surface area (Å²) in [6.45, 7) is -0.0966. The van der Waals surface area contributed by atoms with Gasteiger partial charge in [-0.25, -0.2) is 9.18 Å². The van der Waals surface area contributed by atoms with Gasteiger partial charge in [0.1, 0.15) is 22.9 Å². The number of aromatic carboxylic acids is 1. The van der Waals surface area contributed by atoms with E-state index in [-0.39, 0.29) is 12.4 Å². The molecule has 0 saturated carbocycles. The molecule has 0 atom stereocenters. The van der Waals surface area contributed by atoms with E-state index in [9.17, 15) is 9.18 Å². The second kappa shape index (κ2) is 5.49. The lowest BCUT2D eigenvalue weighted by molar-refractivity contribution is 0.0689. The maximum Gasteiger partial charge on any atom is 0.342 e. The minimum Gasteiger partial charge on any atom is -0.477 e. The second-order valence-corrected chi connectivity index (χ2v) is 3.82. The van der Waals surface area contributed by atoms with E-state index in [2.05, 4.69) is 0 Å². The Morgan fingerprint density at radius 2 is 1.84 bits per heavy atom. The van der Waals surface area contributed by atoms with E-state index in [0.717, 1.165) is 6.07 Å². The number of carboxylic acids is 1. The van der Waals surface area contributed by atoms with Crippen LogP contribution in [-0.4, -0.2) is 16.2 Å². The van der Waals surface area contributed by atoms with Crippen LogP contribution in [0.2, 0.25) is 0 Å². The highest BCUT2D eigenvalue weighted by Crippen LogP contribution is 2.27. The van der Waals surface area contributed by atoms with Gasteiger partial charge in [0.2, 0.25) is 0 Å². The molecular formula is C14H11FO4. The summed E-state index contributed by atoms with van der Waals surface area (Å²) >= 11 is 0. The van der Waals surface area contributed by atoms with Crippen molar-refractivity contribution >= 4 is 5.97 Å². The van der Waals surface area contributed by atoms with Crippen molar-refractivity contribution in [3.8, 4) is 11.5 Å². The summed E-state index contributed by atoms with van der Waals surface area (Å²) in [5.74, 6) is -1.94. The summed E-state index contributed by atoms with van der Waals surface area (Å²) in [5.41, 5.74) is 0.193. The van der Waals surface area contributed by atoms with E-state index in [0.29, 0.717) is 11.3 Å². The third-order valence-corrected chi connectivity index (χ3v) is 2.52. The molecule has 2 aromatic rings. The first-order chi connectivity index (χ1) is 9.11. The van der Waals surface area contributed by atoms with E-state index >= 15 is 0 Å². The molecule has 2 rings (SSSR count). The Balaban J connectivity index is 2.32. The predicted octanol–water partition coefficient (Wildman–Crippen LogP) is 2.81. The zero-order chi connectivity index (χ0) is 13.8. The van der Waals surface area contributed by atoms with Gasteiger partial charge in [-0.15, -0.1) is 0 Å². The molecule has 0 heterocycles. The van der Waals surface area contributed by atoms with Crippen LogP contribution in [0.3, 0.4) is 0 Å². The quantitative estimate of drug-likeness (QED) is 0.889. The molecule has 0 spiro atoms. The minimum absolute atomic E-state index is 0.0655. The predicted molar refractivity (Wildman–Crippen MR) is 65.8 cm³/mol. The normalized spacial score (nSPS) is 10.2. The summed E-state index contributed by atoms with van der Waals surface area (Å²) in [5, 5.41) is 17.9. The molecule has 0 aromatic heterocycles. The van der Waals surface area contributed by atoms with E-state index in [4.69, 9.17) is 14.9 Å². The molecule has 0 saturated heterocycles. The molecule has 0 radical (unpaired) electrons. The first kappa shape index (κ1) is 13.0. The van der Waals surface area contributed by atoms with Crippen LogP contribution in [0.25, 0.3) is 0 Å². The fraction of sp³-hybridized carbons (Fsp3) is 0.0714. The molecule has 0 aliphatic heterocycles. The molecule has 19 heavy (non-hydrogen) atoms. The van der Waals surface area contributed by atoms with Gasteiger partial charge in [-0.1, -0.05) is 18.2 Å². The summed E-state index contributed by atoms with van der Waals surface area (Å²) in [6, 6.07) is 10.2. The molecule has 0 fully saturated rings. The summed E-state index contributed by atoms with van der Waals surface area (Å²) < 4.78 is 18.8. The van der Waals surface area contributed by atoms with Gasteiger partial charge >= 0.3 is 5.97 Å². The van der Waals surface area contributed by atoms with Gasteiger partial charge in [-0.3, -0.25) is 0 Å². The number of hydrogen-bond donors (Lipinski definition) is 2. The van der Waals surface area contributed by atoms with Crippen molar-refractivity contribution in [1.29, 1.82) is 0 Å². The Hall–Kier alpha value is -2.40. The van der Waals surface area contributed by atoms with E-state index in [1.54, 1.807) is 24.3 Å². The SMILES string of the molecule is O=C(O)c1c(F)cccc1Oc1ccc(CO)cc1. The molecule has 0 bridgehead atoms. The van der Waals surface area contributed by atoms with Crippen molar-refractivity contribution in [3.63, 3.8) is 0 Å². The van der Waals surface area contributed by atoms with Crippen molar-refractivity contribution < 1.29 is 24.1 Å². The Morgan fingerprint density at radius 1 is 1.16 bits per heavy atom. The van der Waals surface area contributed by atoms with Crippen LogP contribution in [0.15, 0.2) is 42.5 Å². The van der Waals surface area contributed by atoms with E-state index in [1.165, 1.54) is 12.1 Å². The molecule has 2 N–H and O–H groups in total. The molecule has 2 aromatic carbocycles. The van der Waals surface area contributed by atoms with E-state index in [1.807, 2.05) is 0 Å². The van der Waals surface area contributed by atoms with Gasteiger partial charge in [-0.2, -0.15) is 0 Å². The number of halogens is 1. The van der Waals surface area contributed by atoms with E-state index < -0.39 is 17.3 Å². The van der Waals surface area contributed by atoms with Crippen LogP contribution in [0, 0.1) is 5.82 Å². The maximum atomic E-state index is 13.4. The molecule has 98 valence electrons. The van der Waals surface area contributed by atoms with Crippen molar-refractivity contribution in [2.45, 2.75) is 6.61 Å². The number of ether oxygens (including phenoxy) is 1. The zero-order valence-corrected chi connectivity index (χ0v) is 9.84. The molecule has 0 amide bonds. The average molecular weight is 262 g/mol. The van der Waals surface area contributed by atoms with Gasteiger partial charge < -0.3 is 14.9 Å². The molecule has 0 aliphatic carbocycles. The van der Waals surface area contributed by atoms with Gasteiger partial charge in [0.05, 0.1) is 6.61 Å². The van der Waals surface area contributed by atoms with Crippen LogP contribution in [0.5, 0.6) is 11.5 Å². The number of aliphatic hydroxyl groups excluding tert-OH is 1. The molecule has 0 aliphatic rings.